The molecular formula is C24H27Cl2N5O2S. The van der Waals surface area contributed by atoms with Crippen LogP contribution in [0.4, 0.5) is 0 Å². The Morgan fingerprint density at radius 2 is 2.09 bits per heavy atom. The van der Waals surface area contributed by atoms with Crippen LogP contribution >= 0.6 is 35.3 Å². The molecule has 2 aromatic heterocycles. The number of ketones is 1. The minimum atomic E-state index is -1.15. The van der Waals surface area contributed by atoms with Gasteiger partial charge in [-0.05, 0) is 56.4 Å². The van der Waals surface area contributed by atoms with Crippen LogP contribution in [-0.4, -0.2) is 50.7 Å². The van der Waals surface area contributed by atoms with Crippen molar-refractivity contribution in [3.8, 4) is 0 Å². The number of nitrogens with two attached hydrogens (primary N) is 1. The zero-order valence-corrected chi connectivity index (χ0v) is 21.0. The lowest BCUT2D eigenvalue weighted by atomic mass is 9.87. The molecule has 7 nitrogen and oxygen atoms in total. The Morgan fingerprint density at radius 1 is 1.26 bits per heavy atom. The van der Waals surface area contributed by atoms with Gasteiger partial charge >= 0.3 is 0 Å². The van der Waals surface area contributed by atoms with Crippen LogP contribution < -0.4 is 11.1 Å². The molecule has 2 aliphatic carbocycles. The predicted octanol–water partition coefficient (Wildman–Crippen LogP) is 4.08. The summed E-state index contributed by atoms with van der Waals surface area (Å²) in [6, 6.07) is 7.51. The van der Waals surface area contributed by atoms with E-state index in [9.17, 15) is 9.59 Å². The number of H-pyrrole nitrogens is 1. The van der Waals surface area contributed by atoms with Crippen molar-refractivity contribution < 1.29 is 9.59 Å². The second-order valence-corrected chi connectivity index (χ2v) is 11.1. The zero-order chi connectivity index (χ0) is 22.7. The van der Waals surface area contributed by atoms with Crippen molar-refractivity contribution in [2.45, 2.75) is 62.7 Å². The highest BCUT2D eigenvalue weighted by molar-refractivity contribution is 7.13. The molecule has 0 saturated heterocycles. The first-order valence-corrected chi connectivity index (χ1v) is 12.8. The molecule has 2 fully saturated rings. The Balaban J connectivity index is 0.00000241. The summed E-state index contributed by atoms with van der Waals surface area (Å²) in [4.78, 5) is 38.0. The van der Waals surface area contributed by atoms with E-state index in [4.69, 9.17) is 17.3 Å². The Morgan fingerprint density at radius 3 is 2.88 bits per heavy atom. The van der Waals surface area contributed by atoms with Gasteiger partial charge in [-0.25, -0.2) is 4.98 Å². The molecule has 4 N–H and O–H groups in total. The molecule has 1 aromatic carbocycles. The van der Waals surface area contributed by atoms with Crippen LogP contribution in [0.1, 0.15) is 63.0 Å². The number of Topliss-reactive ketones (excluding diaryl/α,β-unsaturated/α-hetero) is 1. The number of hydrogen-bond acceptors (Lipinski definition) is 6. The normalized spacial score (nSPS) is 24.6. The third-order valence-corrected chi connectivity index (χ3v) is 8.60. The van der Waals surface area contributed by atoms with Crippen LogP contribution in [0.25, 0.3) is 10.9 Å². The zero-order valence-electron chi connectivity index (χ0n) is 18.6. The summed E-state index contributed by atoms with van der Waals surface area (Å²) in [5, 5.41) is 5.00. The number of rotatable bonds is 5. The Bertz CT molecular complexity index is 1270. The number of amides is 1. The topological polar surface area (TPSA) is 104 Å². The summed E-state index contributed by atoms with van der Waals surface area (Å²) in [5.74, 6) is -0.415. The summed E-state index contributed by atoms with van der Waals surface area (Å²) < 4.78 is 0. The fourth-order valence-corrected chi connectivity index (χ4v) is 6.48. The van der Waals surface area contributed by atoms with Gasteiger partial charge in [0.15, 0.2) is 5.01 Å². The lowest BCUT2D eigenvalue weighted by Gasteiger charge is -2.30. The minimum absolute atomic E-state index is 0. The van der Waals surface area contributed by atoms with E-state index < -0.39 is 11.6 Å². The molecule has 3 aliphatic rings. The SMILES string of the molecule is Cl.NC1(C(=O)c2cc3cc(Cl)ccc3[nH]2)CCCC1NC(=O)c1nc2c(s1)CN(C1CC1)CC2. The van der Waals surface area contributed by atoms with Gasteiger partial charge in [-0.2, -0.15) is 0 Å². The number of aromatic amines is 1. The van der Waals surface area contributed by atoms with E-state index >= 15 is 0 Å². The number of nitrogens with zero attached hydrogens (tertiary/aromatic N) is 2. The third-order valence-electron chi connectivity index (χ3n) is 7.28. The molecule has 0 radical (unpaired) electrons. The first-order valence-electron chi connectivity index (χ1n) is 11.6. The molecular weight excluding hydrogens is 493 g/mol. The van der Waals surface area contributed by atoms with Gasteiger partial charge in [-0.3, -0.25) is 14.5 Å². The summed E-state index contributed by atoms with van der Waals surface area (Å²) in [6.45, 7) is 1.90. The van der Waals surface area contributed by atoms with Gasteiger partial charge in [0.2, 0.25) is 5.78 Å². The van der Waals surface area contributed by atoms with E-state index in [0.717, 1.165) is 42.5 Å². The molecule has 180 valence electrons. The fourth-order valence-electron chi connectivity index (χ4n) is 5.26. The highest BCUT2D eigenvalue weighted by Crippen LogP contribution is 2.35. The van der Waals surface area contributed by atoms with Gasteiger partial charge in [0.05, 0.1) is 17.4 Å². The molecule has 2 saturated carbocycles. The van der Waals surface area contributed by atoms with Crippen LogP contribution in [0, 0.1) is 0 Å². The summed E-state index contributed by atoms with van der Waals surface area (Å²) >= 11 is 7.56. The lowest BCUT2D eigenvalue weighted by molar-refractivity contribution is 0.0831. The number of aromatic nitrogens is 2. The molecule has 1 amide bonds. The maximum absolute atomic E-state index is 13.5. The molecule has 0 spiro atoms. The minimum Gasteiger partial charge on any atom is -0.352 e. The summed E-state index contributed by atoms with van der Waals surface area (Å²) in [6.07, 6.45) is 5.42. The standard InChI is InChI=1S/C24H26ClN5O2S.ClH/c25-14-3-6-16-13(10-14)11-18(27-16)21(31)24(26)8-1-2-20(24)29-22(32)23-28-17-7-9-30(15-4-5-15)12-19(17)33-23;/h3,6,10-11,15,20,27H,1-2,4-5,7-9,12,26H2,(H,29,32);1H. The van der Waals surface area contributed by atoms with Crippen molar-refractivity contribution >= 4 is 57.9 Å². The Labute approximate surface area is 212 Å². The number of thiazole rings is 1. The van der Waals surface area contributed by atoms with Gasteiger partial charge < -0.3 is 16.0 Å². The first-order chi connectivity index (χ1) is 15.9. The average Bonchev–Trinajstić information content (AvgIpc) is 3.26. The van der Waals surface area contributed by atoms with E-state index in [2.05, 4.69) is 20.2 Å². The highest BCUT2D eigenvalue weighted by atomic mass is 35.5. The smallest absolute Gasteiger partial charge is 0.280 e. The van der Waals surface area contributed by atoms with E-state index in [1.165, 1.54) is 29.1 Å². The number of fused-ring (bicyclic) bond motifs is 2. The van der Waals surface area contributed by atoms with E-state index in [1.807, 2.05) is 12.1 Å². The molecule has 3 heterocycles. The lowest BCUT2D eigenvalue weighted by Crippen LogP contribution is -2.60. The van der Waals surface area contributed by atoms with Crippen LogP contribution in [0.5, 0.6) is 0 Å². The highest BCUT2D eigenvalue weighted by Gasteiger charge is 2.47. The Kier molecular flexibility index (Phi) is 6.23. The van der Waals surface area contributed by atoms with Crippen molar-refractivity contribution in [1.29, 1.82) is 0 Å². The van der Waals surface area contributed by atoms with E-state index in [1.54, 1.807) is 12.1 Å². The van der Waals surface area contributed by atoms with Crippen molar-refractivity contribution in [2.75, 3.05) is 6.54 Å². The van der Waals surface area contributed by atoms with Crippen LogP contribution in [-0.2, 0) is 13.0 Å². The molecule has 1 aliphatic heterocycles. The van der Waals surface area contributed by atoms with E-state index in [0.29, 0.717) is 34.6 Å². The van der Waals surface area contributed by atoms with Crippen molar-refractivity contribution in [1.82, 2.24) is 20.2 Å². The molecule has 10 heteroatoms. The molecule has 2 atom stereocenters. The fraction of sp³-hybridized carbons (Fsp3) is 0.458. The largest absolute Gasteiger partial charge is 0.352 e. The number of carbonyl (C=O) groups excluding carboxylic acids is 2. The monoisotopic (exact) mass is 519 g/mol. The maximum Gasteiger partial charge on any atom is 0.280 e. The van der Waals surface area contributed by atoms with Gasteiger partial charge in [0.25, 0.3) is 5.91 Å². The first kappa shape index (κ1) is 23.8. The number of carbonyl (C=O) groups is 2. The molecule has 34 heavy (non-hydrogen) atoms. The quantitative estimate of drug-likeness (QED) is 0.440. The van der Waals surface area contributed by atoms with Crippen molar-refractivity contribution in [2.24, 2.45) is 5.73 Å². The molecule has 0 bridgehead atoms. The van der Waals surface area contributed by atoms with Gasteiger partial charge in [-0.1, -0.05) is 11.6 Å². The average molecular weight is 520 g/mol. The molecule has 3 aromatic rings. The Hall–Kier alpha value is -1.97. The van der Waals surface area contributed by atoms with Gasteiger partial charge in [0.1, 0.15) is 5.54 Å². The van der Waals surface area contributed by atoms with Crippen molar-refractivity contribution in [3.05, 3.63) is 50.6 Å². The van der Waals surface area contributed by atoms with E-state index in [-0.39, 0.29) is 24.1 Å². The summed E-state index contributed by atoms with van der Waals surface area (Å²) in [7, 11) is 0. The van der Waals surface area contributed by atoms with Crippen LogP contribution in [0.15, 0.2) is 24.3 Å². The number of hydrogen-bond donors (Lipinski definition) is 3. The second-order valence-electron chi connectivity index (χ2n) is 9.54. The van der Waals surface area contributed by atoms with Crippen LogP contribution in [0.3, 0.4) is 0 Å². The second kappa shape index (κ2) is 8.91. The maximum atomic E-state index is 13.5. The third kappa shape index (κ3) is 4.16. The number of halogens is 2. The predicted molar refractivity (Wildman–Crippen MR) is 136 cm³/mol. The molecule has 6 rings (SSSR count). The number of nitrogens with one attached hydrogen (secondary N) is 2. The summed E-state index contributed by atoms with van der Waals surface area (Å²) in [5.41, 5.74) is 7.85. The van der Waals surface area contributed by atoms with Gasteiger partial charge in [0, 0.05) is 46.4 Å². The van der Waals surface area contributed by atoms with Crippen LogP contribution in [0.2, 0.25) is 5.02 Å². The van der Waals surface area contributed by atoms with Gasteiger partial charge in [-0.15, -0.1) is 23.7 Å². The van der Waals surface area contributed by atoms with Crippen molar-refractivity contribution in [3.63, 3.8) is 0 Å². The molecule has 2 unspecified atom stereocenters. The number of benzene rings is 1.